The van der Waals surface area contributed by atoms with Crippen LogP contribution in [0.5, 0.6) is 0 Å². The van der Waals surface area contributed by atoms with E-state index in [2.05, 4.69) is 4.98 Å². The molecule has 0 fully saturated rings. The Bertz CT molecular complexity index is 557. The van der Waals surface area contributed by atoms with Crippen molar-refractivity contribution in [3.05, 3.63) is 65.0 Å². The van der Waals surface area contributed by atoms with Crippen molar-refractivity contribution >= 4 is 0 Å². The Morgan fingerprint density at radius 3 is 2.72 bits per heavy atom. The molecular formula is C14H13F2NO. The fraction of sp³-hybridized carbons (Fsp3) is 0.214. The minimum Gasteiger partial charge on any atom is -0.388 e. The zero-order chi connectivity index (χ0) is 13.1. The van der Waals surface area contributed by atoms with Crippen LogP contribution < -0.4 is 0 Å². The Kier molecular flexibility index (Phi) is 3.67. The fourth-order valence-corrected chi connectivity index (χ4v) is 1.80. The molecule has 0 bridgehead atoms. The summed E-state index contributed by atoms with van der Waals surface area (Å²) in [6, 6.07) is 6.61. The number of rotatable bonds is 3. The molecule has 0 saturated heterocycles. The van der Waals surface area contributed by atoms with Crippen LogP contribution >= 0.6 is 0 Å². The van der Waals surface area contributed by atoms with E-state index in [1.54, 1.807) is 25.3 Å². The molecule has 1 aromatic carbocycles. The normalized spacial score (nSPS) is 12.4. The smallest absolute Gasteiger partial charge is 0.126 e. The van der Waals surface area contributed by atoms with E-state index in [-0.39, 0.29) is 12.0 Å². The fourth-order valence-electron chi connectivity index (χ4n) is 1.80. The van der Waals surface area contributed by atoms with Gasteiger partial charge in [-0.25, -0.2) is 8.78 Å². The molecule has 2 aromatic rings. The first-order chi connectivity index (χ1) is 8.56. The predicted octanol–water partition coefficient (Wildman–Crippen LogP) is 2.94. The third-order valence-electron chi connectivity index (χ3n) is 2.73. The lowest BCUT2D eigenvalue weighted by Crippen LogP contribution is -2.04. The van der Waals surface area contributed by atoms with Crippen molar-refractivity contribution in [2.45, 2.75) is 19.4 Å². The van der Waals surface area contributed by atoms with Gasteiger partial charge in [-0.3, -0.25) is 4.98 Å². The van der Waals surface area contributed by atoms with Crippen molar-refractivity contribution in [2.75, 3.05) is 0 Å². The number of pyridine rings is 1. The molecule has 4 heteroatoms. The van der Waals surface area contributed by atoms with Crippen molar-refractivity contribution in [1.82, 2.24) is 4.98 Å². The van der Waals surface area contributed by atoms with Crippen molar-refractivity contribution in [3.63, 3.8) is 0 Å². The Morgan fingerprint density at radius 1 is 1.22 bits per heavy atom. The van der Waals surface area contributed by atoms with Gasteiger partial charge in [0, 0.05) is 18.3 Å². The zero-order valence-electron chi connectivity index (χ0n) is 9.90. The van der Waals surface area contributed by atoms with Gasteiger partial charge in [0.25, 0.3) is 0 Å². The van der Waals surface area contributed by atoms with Gasteiger partial charge in [0.1, 0.15) is 11.6 Å². The lowest BCUT2D eigenvalue weighted by Gasteiger charge is -2.12. The average Bonchev–Trinajstić information content (AvgIpc) is 2.34. The summed E-state index contributed by atoms with van der Waals surface area (Å²) in [4.78, 5) is 4.02. The van der Waals surface area contributed by atoms with Crippen LogP contribution in [-0.4, -0.2) is 10.1 Å². The van der Waals surface area contributed by atoms with Gasteiger partial charge in [-0.1, -0.05) is 0 Å². The van der Waals surface area contributed by atoms with E-state index in [0.717, 1.165) is 23.9 Å². The topological polar surface area (TPSA) is 33.1 Å². The molecule has 0 saturated carbocycles. The van der Waals surface area contributed by atoms with Crippen molar-refractivity contribution in [1.29, 1.82) is 0 Å². The Morgan fingerprint density at radius 2 is 2.00 bits per heavy atom. The first-order valence-corrected chi connectivity index (χ1v) is 5.61. The van der Waals surface area contributed by atoms with E-state index in [1.807, 2.05) is 0 Å². The molecule has 18 heavy (non-hydrogen) atoms. The average molecular weight is 249 g/mol. The molecule has 1 unspecified atom stereocenters. The van der Waals surface area contributed by atoms with Crippen LogP contribution in [0.25, 0.3) is 0 Å². The van der Waals surface area contributed by atoms with Crippen LogP contribution in [0.15, 0.2) is 36.5 Å². The largest absolute Gasteiger partial charge is 0.388 e. The molecule has 0 amide bonds. The van der Waals surface area contributed by atoms with Crippen LogP contribution in [0.3, 0.4) is 0 Å². The standard InChI is InChI=1S/C14H13F2NO/c1-9-6-10(4-5-17-9)14(18)8-11-7-12(15)2-3-13(11)16/h2-7,14,18H,8H2,1H3. The van der Waals surface area contributed by atoms with Crippen LogP contribution in [0.2, 0.25) is 0 Å². The van der Waals surface area contributed by atoms with Gasteiger partial charge in [0.15, 0.2) is 0 Å². The lowest BCUT2D eigenvalue weighted by atomic mass is 10.0. The summed E-state index contributed by atoms with van der Waals surface area (Å²) in [5.74, 6) is -1.02. The Labute approximate surface area is 104 Å². The van der Waals surface area contributed by atoms with E-state index in [0.29, 0.717) is 5.56 Å². The Hall–Kier alpha value is -1.81. The van der Waals surface area contributed by atoms with Gasteiger partial charge in [0.05, 0.1) is 6.10 Å². The molecule has 0 aliphatic heterocycles. The number of aryl methyl sites for hydroxylation is 1. The molecule has 2 rings (SSSR count). The SMILES string of the molecule is Cc1cc(C(O)Cc2cc(F)ccc2F)ccn1. The van der Waals surface area contributed by atoms with Crippen molar-refractivity contribution in [2.24, 2.45) is 0 Å². The maximum Gasteiger partial charge on any atom is 0.126 e. The second-order valence-electron chi connectivity index (χ2n) is 4.19. The van der Waals surface area contributed by atoms with Gasteiger partial charge >= 0.3 is 0 Å². The molecule has 2 nitrogen and oxygen atoms in total. The zero-order valence-corrected chi connectivity index (χ0v) is 9.90. The third-order valence-corrected chi connectivity index (χ3v) is 2.73. The first-order valence-electron chi connectivity index (χ1n) is 5.61. The summed E-state index contributed by atoms with van der Waals surface area (Å²) in [5.41, 5.74) is 1.58. The maximum atomic E-state index is 13.4. The highest BCUT2D eigenvalue weighted by Gasteiger charge is 2.12. The quantitative estimate of drug-likeness (QED) is 0.907. The van der Waals surface area contributed by atoms with Crippen molar-refractivity contribution in [3.8, 4) is 0 Å². The van der Waals surface area contributed by atoms with E-state index >= 15 is 0 Å². The number of hydrogen-bond donors (Lipinski definition) is 1. The summed E-state index contributed by atoms with van der Waals surface area (Å²) in [6.07, 6.45) is 0.742. The highest BCUT2D eigenvalue weighted by molar-refractivity contribution is 5.24. The van der Waals surface area contributed by atoms with Crippen LogP contribution in [0, 0.1) is 18.6 Å². The minimum absolute atomic E-state index is 0.0348. The second kappa shape index (κ2) is 5.23. The van der Waals surface area contributed by atoms with Gasteiger partial charge in [-0.15, -0.1) is 0 Å². The summed E-state index contributed by atoms with van der Waals surface area (Å²) < 4.78 is 26.4. The summed E-state index contributed by atoms with van der Waals surface area (Å²) in [5, 5.41) is 10.00. The molecule has 1 heterocycles. The van der Waals surface area contributed by atoms with E-state index < -0.39 is 17.7 Å². The summed E-state index contributed by atoms with van der Waals surface area (Å²) in [6.45, 7) is 1.80. The third kappa shape index (κ3) is 2.90. The van der Waals surface area contributed by atoms with Gasteiger partial charge in [0.2, 0.25) is 0 Å². The highest BCUT2D eigenvalue weighted by Crippen LogP contribution is 2.20. The molecular weight excluding hydrogens is 236 g/mol. The number of hydrogen-bond acceptors (Lipinski definition) is 2. The Balaban J connectivity index is 2.21. The number of benzene rings is 1. The van der Waals surface area contributed by atoms with E-state index in [1.165, 1.54) is 0 Å². The van der Waals surface area contributed by atoms with E-state index in [9.17, 15) is 13.9 Å². The molecule has 0 spiro atoms. The molecule has 0 aliphatic carbocycles. The first kappa shape index (κ1) is 12.6. The van der Waals surface area contributed by atoms with Crippen LogP contribution in [0.1, 0.15) is 22.9 Å². The molecule has 1 aromatic heterocycles. The van der Waals surface area contributed by atoms with E-state index in [4.69, 9.17) is 0 Å². The second-order valence-corrected chi connectivity index (χ2v) is 4.19. The number of halogens is 2. The molecule has 0 aliphatic rings. The highest BCUT2D eigenvalue weighted by atomic mass is 19.1. The monoisotopic (exact) mass is 249 g/mol. The van der Waals surface area contributed by atoms with Gasteiger partial charge in [-0.2, -0.15) is 0 Å². The summed E-state index contributed by atoms with van der Waals surface area (Å²) in [7, 11) is 0. The number of aliphatic hydroxyl groups excluding tert-OH is 1. The lowest BCUT2D eigenvalue weighted by molar-refractivity contribution is 0.177. The van der Waals surface area contributed by atoms with Crippen LogP contribution in [0.4, 0.5) is 8.78 Å². The predicted molar refractivity (Wildman–Crippen MR) is 64.0 cm³/mol. The minimum atomic E-state index is -0.872. The molecule has 1 atom stereocenters. The molecule has 1 N–H and O–H groups in total. The van der Waals surface area contributed by atoms with Gasteiger partial charge < -0.3 is 5.11 Å². The van der Waals surface area contributed by atoms with Crippen LogP contribution in [-0.2, 0) is 6.42 Å². The number of nitrogens with zero attached hydrogens (tertiary/aromatic N) is 1. The summed E-state index contributed by atoms with van der Waals surface area (Å²) >= 11 is 0. The molecule has 0 radical (unpaired) electrons. The van der Waals surface area contributed by atoms with Crippen molar-refractivity contribution < 1.29 is 13.9 Å². The number of aliphatic hydroxyl groups is 1. The molecule has 94 valence electrons. The number of aromatic nitrogens is 1. The van der Waals surface area contributed by atoms with Gasteiger partial charge in [-0.05, 0) is 48.4 Å². The maximum absolute atomic E-state index is 13.4.